The number of thioether (sulfide) groups is 1. The van der Waals surface area contributed by atoms with Crippen LogP contribution in [0.3, 0.4) is 0 Å². The van der Waals surface area contributed by atoms with E-state index in [0.717, 1.165) is 44.9 Å². The molecule has 0 aliphatic carbocycles. The van der Waals surface area contributed by atoms with Gasteiger partial charge in [-0.25, -0.2) is 0 Å². The Balaban J connectivity index is 3.53. The van der Waals surface area contributed by atoms with Crippen molar-refractivity contribution in [3.8, 4) is 0 Å². The van der Waals surface area contributed by atoms with Crippen LogP contribution in [-0.2, 0) is 0 Å². The molecule has 1 nitrogen and oxygen atoms in total. The van der Waals surface area contributed by atoms with Crippen LogP contribution in [0.5, 0.6) is 0 Å². The highest BCUT2D eigenvalue weighted by molar-refractivity contribution is 7.99. The van der Waals surface area contributed by atoms with Crippen molar-refractivity contribution in [3.05, 3.63) is 72.9 Å². The first-order valence-corrected chi connectivity index (χ1v) is 10.2. The van der Waals surface area contributed by atoms with Crippen LogP contribution in [0.25, 0.3) is 0 Å². The van der Waals surface area contributed by atoms with Crippen molar-refractivity contribution in [2.24, 2.45) is 0 Å². The number of allylic oxidation sites excluding steroid dienone is 11. The quantitative estimate of drug-likeness (QED) is 0.277. The molecule has 1 N–H and O–H groups in total. The average Bonchev–Trinajstić information content (AvgIpc) is 2.60. The van der Waals surface area contributed by atoms with Crippen molar-refractivity contribution < 1.29 is 5.11 Å². The molecule has 0 spiro atoms. The largest absolute Gasteiger partial charge is 0.382 e. The zero-order valence-electron chi connectivity index (χ0n) is 15.3. The Kier molecular flexibility index (Phi) is 18.8. The molecule has 1 atom stereocenters. The molecule has 0 aromatic heterocycles. The Bertz CT molecular complexity index is 427. The van der Waals surface area contributed by atoms with Gasteiger partial charge in [-0.1, -0.05) is 79.8 Å². The summed E-state index contributed by atoms with van der Waals surface area (Å²) in [7, 11) is 0. The molecular formula is C22H34OS. The lowest BCUT2D eigenvalue weighted by atomic mass is 10.2. The molecule has 0 aliphatic rings. The standard InChI is InChI=1S/C22H34OS/c1-3-4-5-6-7-8-9-10-11-12-13-14-15-16-17-18-19-20-21-22(23)24-2/h4-5,7-8,10-11,13-14,16-17,19-20,22-23H,3,6,9,12,15,18,21H2,1-2H3. The van der Waals surface area contributed by atoms with Crippen molar-refractivity contribution in [1.82, 2.24) is 0 Å². The maximum absolute atomic E-state index is 9.37. The summed E-state index contributed by atoms with van der Waals surface area (Å²) < 4.78 is 0. The van der Waals surface area contributed by atoms with Crippen molar-refractivity contribution in [2.75, 3.05) is 6.26 Å². The topological polar surface area (TPSA) is 20.2 Å². The van der Waals surface area contributed by atoms with Crippen LogP contribution in [0.4, 0.5) is 0 Å². The first-order chi connectivity index (χ1) is 11.8. The van der Waals surface area contributed by atoms with E-state index in [-0.39, 0.29) is 5.44 Å². The molecule has 0 heterocycles. The fourth-order valence-corrected chi connectivity index (χ4v) is 2.13. The molecule has 134 valence electrons. The summed E-state index contributed by atoms with van der Waals surface area (Å²) in [5.41, 5.74) is -0.269. The van der Waals surface area contributed by atoms with E-state index in [1.54, 1.807) is 0 Å². The summed E-state index contributed by atoms with van der Waals surface area (Å²) in [6.07, 6.45) is 34.9. The summed E-state index contributed by atoms with van der Waals surface area (Å²) in [5.74, 6) is 0. The second kappa shape index (κ2) is 19.8. The van der Waals surface area contributed by atoms with Gasteiger partial charge in [0.1, 0.15) is 5.44 Å². The van der Waals surface area contributed by atoms with Crippen molar-refractivity contribution in [2.45, 2.75) is 57.3 Å². The zero-order chi connectivity index (χ0) is 17.7. The number of aliphatic hydroxyl groups is 1. The lowest BCUT2D eigenvalue weighted by molar-refractivity contribution is 0.267. The Morgan fingerprint density at radius 1 is 0.625 bits per heavy atom. The Morgan fingerprint density at radius 3 is 1.29 bits per heavy atom. The van der Waals surface area contributed by atoms with Gasteiger partial charge >= 0.3 is 0 Å². The van der Waals surface area contributed by atoms with E-state index < -0.39 is 0 Å². The van der Waals surface area contributed by atoms with E-state index in [9.17, 15) is 5.11 Å². The summed E-state index contributed by atoms with van der Waals surface area (Å²) in [5, 5.41) is 9.37. The van der Waals surface area contributed by atoms with Crippen LogP contribution in [0.1, 0.15) is 51.9 Å². The number of aliphatic hydroxyl groups excluding tert-OH is 1. The molecule has 0 saturated heterocycles. The monoisotopic (exact) mass is 346 g/mol. The van der Waals surface area contributed by atoms with Crippen LogP contribution in [0.2, 0.25) is 0 Å². The highest BCUT2D eigenvalue weighted by atomic mass is 32.2. The summed E-state index contributed by atoms with van der Waals surface area (Å²) >= 11 is 1.48. The molecule has 1 unspecified atom stereocenters. The molecule has 2 heteroatoms. The van der Waals surface area contributed by atoms with Gasteiger partial charge in [-0.05, 0) is 44.8 Å². The molecule has 0 aliphatic heterocycles. The minimum atomic E-state index is -0.269. The minimum absolute atomic E-state index is 0.269. The third kappa shape index (κ3) is 18.8. The second-order valence-corrected chi connectivity index (χ2v) is 6.36. The fourth-order valence-electron chi connectivity index (χ4n) is 1.83. The predicted molar refractivity (Wildman–Crippen MR) is 112 cm³/mol. The Labute approximate surface area is 153 Å². The van der Waals surface area contributed by atoms with Gasteiger partial charge in [0.15, 0.2) is 0 Å². The maximum atomic E-state index is 9.37. The van der Waals surface area contributed by atoms with E-state index in [2.05, 4.69) is 73.8 Å². The van der Waals surface area contributed by atoms with Crippen molar-refractivity contribution in [1.29, 1.82) is 0 Å². The van der Waals surface area contributed by atoms with E-state index in [0.29, 0.717) is 0 Å². The van der Waals surface area contributed by atoms with Gasteiger partial charge in [-0.3, -0.25) is 0 Å². The normalized spacial score (nSPS) is 14.6. The first-order valence-electron chi connectivity index (χ1n) is 8.92. The molecule has 0 radical (unpaired) electrons. The number of rotatable bonds is 14. The van der Waals surface area contributed by atoms with Crippen molar-refractivity contribution >= 4 is 11.8 Å². The average molecular weight is 347 g/mol. The molecule has 0 saturated carbocycles. The number of hydrogen-bond acceptors (Lipinski definition) is 2. The highest BCUT2D eigenvalue weighted by Crippen LogP contribution is 2.07. The van der Waals surface area contributed by atoms with Gasteiger partial charge in [-0.15, -0.1) is 11.8 Å². The third-order valence-electron chi connectivity index (χ3n) is 3.21. The summed E-state index contributed by atoms with van der Waals surface area (Å²) in [6, 6.07) is 0. The predicted octanol–water partition coefficient (Wildman–Crippen LogP) is 6.76. The maximum Gasteiger partial charge on any atom is 0.102 e. The van der Waals surface area contributed by atoms with Gasteiger partial charge in [0.05, 0.1) is 0 Å². The summed E-state index contributed by atoms with van der Waals surface area (Å²) in [4.78, 5) is 0. The second-order valence-electron chi connectivity index (χ2n) is 5.34. The van der Waals surface area contributed by atoms with Crippen LogP contribution in [0.15, 0.2) is 72.9 Å². The molecule has 24 heavy (non-hydrogen) atoms. The van der Waals surface area contributed by atoms with E-state index in [1.807, 2.05) is 12.3 Å². The van der Waals surface area contributed by atoms with Crippen LogP contribution in [0, 0.1) is 0 Å². The Hall–Kier alpha value is -1.25. The van der Waals surface area contributed by atoms with Gasteiger partial charge in [0, 0.05) is 6.42 Å². The van der Waals surface area contributed by atoms with Crippen molar-refractivity contribution in [3.63, 3.8) is 0 Å². The minimum Gasteiger partial charge on any atom is -0.382 e. The van der Waals surface area contributed by atoms with Gasteiger partial charge in [-0.2, -0.15) is 0 Å². The van der Waals surface area contributed by atoms with Crippen LogP contribution >= 0.6 is 11.8 Å². The fraction of sp³-hybridized carbons (Fsp3) is 0.455. The van der Waals surface area contributed by atoms with E-state index in [4.69, 9.17) is 0 Å². The van der Waals surface area contributed by atoms with Gasteiger partial charge < -0.3 is 5.11 Å². The first kappa shape index (κ1) is 22.8. The molecule has 0 rings (SSSR count). The van der Waals surface area contributed by atoms with Gasteiger partial charge in [0.2, 0.25) is 0 Å². The van der Waals surface area contributed by atoms with E-state index in [1.165, 1.54) is 11.8 Å². The lowest BCUT2D eigenvalue weighted by Crippen LogP contribution is -1.95. The number of hydrogen-bond donors (Lipinski definition) is 1. The Morgan fingerprint density at radius 2 is 0.958 bits per heavy atom. The zero-order valence-corrected chi connectivity index (χ0v) is 16.1. The van der Waals surface area contributed by atoms with E-state index >= 15 is 0 Å². The molecule has 0 aromatic rings. The molecule has 0 bridgehead atoms. The summed E-state index contributed by atoms with van der Waals surface area (Å²) in [6.45, 7) is 2.16. The molecule has 0 aromatic carbocycles. The molecular weight excluding hydrogens is 312 g/mol. The van der Waals surface area contributed by atoms with Gasteiger partial charge in [0.25, 0.3) is 0 Å². The lowest BCUT2D eigenvalue weighted by Gasteiger charge is -2.00. The third-order valence-corrected chi connectivity index (χ3v) is 3.94. The SMILES string of the molecule is CCC=CCC=CCC=CCC=CCC=CCC=CCC(O)SC. The highest BCUT2D eigenvalue weighted by Gasteiger charge is 1.94. The molecule has 0 amide bonds. The van der Waals surface area contributed by atoms with Crippen LogP contribution < -0.4 is 0 Å². The van der Waals surface area contributed by atoms with Crippen LogP contribution in [-0.4, -0.2) is 16.8 Å². The molecule has 0 fully saturated rings. The smallest absolute Gasteiger partial charge is 0.102 e.